The lowest BCUT2D eigenvalue weighted by Crippen LogP contribution is -2.42. The summed E-state index contributed by atoms with van der Waals surface area (Å²) < 4.78 is 0. The highest BCUT2D eigenvalue weighted by atomic mass is 35.5. The first-order valence-corrected chi connectivity index (χ1v) is 10.5. The maximum absolute atomic E-state index is 13.5. The zero-order valence-corrected chi connectivity index (χ0v) is 17.8. The number of benzene rings is 3. The molecule has 0 unspecified atom stereocenters. The summed E-state index contributed by atoms with van der Waals surface area (Å²) in [6.07, 6.45) is -0.0541. The fraction of sp³-hybridized carbons (Fsp3) is 0.148. The number of hydrogen-bond acceptors (Lipinski definition) is 4. The Morgan fingerprint density at radius 1 is 0.875 bits per heavy atom. The molecule has 1 saturated carbocycles. The summed E-state index contributed by atoms with van der Waals surface area (Å²) in [4.78, 5) is 13.5. The summed E-state index contributed by atoms with van der Waals surface area (Å²) in [5.74, 6) is -2.10. The number of halogens is 1. The SMILES string of the molecule is N#CC1(C#N)[C@H](c2ccccc2)CC(=O)/C(=C(/O)c2ccc(Cl)cc2)[C@H]1c1ccccc1. The maximum atomic E-state index is 13.5. The van der Waals surface area contributed by atoms with E-state index >= 15 is 0 Å². The summed E-state index contributed by atoms with van der Waals surface area (Å²) in [6, 6.07) is 29.1. The minimum Gasteiger partial charge on any atom is -0.507 e. The van der Waals surface area contributed by atoms with E-state index < -0.39 is 17.3 Å². The quantitative estimate of drug-likeness (QED) is 0.390. The standard InChI is InChI=1S/C27H19ClN2O2/c28-21-13-11-20(12-14-21)26(32)24-23(31)15-22(18-7-3-1-4-8-18)27(16-29,17-30)25(24)19-9-5-2-6-10-19/h1-14,22,25,32H,15H2/b26-24-/t22-,25+/m0/s1. The van der Waals surface area contributed by atoms with E-state index in [1.165, 1.54) is 0 Å². The molecule has 156 valence electrons. The molecule has 0 bridgehead atoms. The summed E-state index contributed by atoms with van der Waals surface area (Å²) in [5, 5.41) is 32.5. The van der Waals surface area contributed by atoms with E-state index in [0.717, 1.165) is 5.56 Å². The molecule has 0 aromatic heterocycles. The van der Waals surface area contributed by atoms with Crippen molar-refractivity contribution in [3.8, 4) is 12.1 Å². The Kier molecular flexibility index (Phi) is 5.82. The molecule has 1 fully saturated rings. The van der Waals surface area contributed by atoms with Crippen LogP contribution in [0.3, 0.4) is 0 Å². The van der Waals surface area contributed by atoms with Crippen LogP contribution in [-0.4, -0.2) is 10.9 Å². The Morgan fingerprint density at radius 3 is 1.94 bits per heavy atom. The van der Waals surface area contributed by atoms with Gasteiger partial charge in [0.25, 0.3) is 0 Å². The molecule has 0 spiro atoms. The molecule has 5 heteroatoms. The van der Waals surface area contributed by atoms with E-state index in [4.69, 9.17) is 11.6 Å². The van der Waals surface area contributed by atoms with Gasteiger partial charge < -0.3 is 5.11 Å². The first kappa shape index (κ1) is 21.4. The van der Waals surface area contributed by atoms with E-state index in [1.807, 2.05) is 36.4 Å². The number of carbonyl (C=O) groups is 1. The molecule has 2 atom stereocenters. The zero-order valence-electron chi connectivity index (χ0n) is 17.1. The summed E-state index contributed by atoms with van der Waals surface area (Å²) in [5.41, 5.74) is 0.261. The van der Waals surface area contributed by atoms with Crippen molar-refractivity contribution in [3.63, 3.8) is 0 Å². The molecule has 0 amide bonds. The molecule has 1 aliphatic rings. The highest BCUT2D eigenvalue weighted by molar-refractivity contribution is 6.30. The highest BCUT2D eigenvalue weighted by Crippen LogP contribution is 2.56. The smallest absolute Gasteiger partial charge is 0.164 e. The molecular formula is C27H19ClN2O2. The van der Waals surface area contributed by atoms with Gasteiger partial charge in [0.15, 0.2) is 11.2 Å². The number of allylic oxidation sites excluding steroid dienone is 1. The fourth-order valence-corrected chi connectivity index (χ4v) is 4.66. The van der Waals surface area contributed by atoms with Gasteiger partial charge in [-0.1, -0.05) is 72.3 Å². The first-order chi connectivity index (χ1) is 15.5. The zero-order chi connectivity index (χ0) is 22.7. The average molecular weight is 439 g/mol. The number of aliphatic hydroxyl groups excluding tert-OH is 1. The van der Waals surface area contributed by atoms with E-state index in [0.29, 0.717) is 16.1 Å². The van der Waals surface area contributed by atoms with E-state index in [2.05, 4.69) is 12.1 Å². The van der Waals surface area contributed by atoms with Gasteiger partial charge in [-0.2, -0.15) is 10.5 Å². The lowest BCUT2D eigenvalue weighted by Gasteiger charge is -2.41. The highest BCUT2D eigenvalue weighted by Gasteiger charge is 2.56. The van der Waals surface area contributed by atoms with Crippen LogP contribution in [0.2, 0.25) is 5.02 Å². The van der Waals surface area contributed by atoms with Crippen LogP contribution in [0, 0.1) is 28.1 Å². The summed E-state index contributed by atoms with van der Waals surface area (Å²) in [7, 11) is 0. The van der Waals surface area contributed by atoms with Gasteiger partial charge in [0, 0.05) is 34.4 Å². The fourth-order valence-electron chi connectivity index (χ4n) is 4.53. The van der Waals surface area contributed by atoms with Crippen LogP contribution in [0.1, 0.15) is 34.9 Å². The van der Waals surface area contributed by atoms with E-state index in [1.54, 1.807) is 48.5 Å². The lowest BCUT2D eigenvalue weighted by molar-refractivity contribution is -0.118. The van der Waals surface area contributed by atoms with Crippen LogP contribution in [0.5, 0.6) is 0 Å². The minimum absolute atomic E-state index is 0.0541. The topological polar surface area (TPSA) is 84.9 Å². The van der Waals surface area contributed by atoms with Crippen LogP contribution < -0.4 is 0 Å². The largest absolute Gasteiger partial charge is 0.507 e. The number of rotatable bonds is 3. The minimum atomic E-state index is -1.59. The van der Waals surface area contributed by atoms with Gasteiger partial charge in [0.2, 0.25) is 0 Å². The molecule has 0 heterocycles. The number of Topliss-reactive ketones (excluding diaryl/α,β-unsaturated/α-hetero) is 1. The van der Waals surface area contributed by atoms with Crippen molar-refractivity contribution in [1.82, 2.24) is 0 Å². The number of hydrogen-bond donors (Lipinski definition) is 1. The van der Waals surface area contributed by atoms with E-state index in [9.17, 15) is 20.4 Å². The van der Waals surface area contributed by atoms with Gasteiger partial charge in [-0.15, -0.1) is 0 Å². The predicted octanol–water partition coefficient (Wildman–Crippen LogP) is 6.18. The molecule has 3 aromatic carbocycles. The van der Waals surface area contributed by atoms with Crippen LogP contribution >= 0.6 is 11.6 Å². The third kappa shape index (κ3) is 3.56. The van der Waals surface area contributed by atoms with Gasteiger partial charge in [-0.3, -0.25) is 4.79 Å². The lowest BCUT2D eigenvalue weighted by atomic mass is 9.55. The van der Waals surface area contributed by atoms with Gasteiger partial charge in [-0.05, 0) is 35.4 Å². The maximum Gasteiger partial charge on any atom is 0.164 e. The van der Waals surface area contributed by atoms with Crippen LogP contribution in [0.25, 0.3) is 5.76 Å². The van der Waals surface area contributed by atoms with Crippen molar-refractivity contribution in [1.29, 1.82) is 10.5 Å². The van der Waals surface area contributed by atoms with Crippen molar-refractivity contribution in [2.24, 2.45) is 5.41 Å². The molecule has 4 rings (SSSR count). The van der Waals surface area contributed by atoms with Crippen LogP contribution in [0.4, 0.5) is 0 Å². The van der Waals surface area contributed by atoms with Crippen molar-refractivity contribution < 1.29 is 9.90 Å². The molecule has 0 radical (unpaired) electrons. The Bertz CT molecular complexity index is 1240. The molecule has 32 heavy (non-hydrogen) atoms. The summed E-state index contributed by atoms with van der Waals surface area (Å²) >= 11 is 5.98. The Hall–Kier alpha value is -3.86. The third-order valence-electron chi connectivity index (χ3n) is 6.06. The van der Waals surface area contributed by atoms with Crippen LogP contribution in [-0.2, 0) is 4.79 Å². The number of carbonyl (C=O) groups excluding carboxylic acids is 1. The second-order valence-electron chi connectivity index (χ2n) is 7.80. The molecule has 1 N–H and O–H groups in total. The van der Waals surface area contributed by atoms with Gasteiger partial charge in [-0.25, -0.2) is 0 Å². The average Bonchev–Trinajstić information content (AvgIpc) is 2.84. The number of aliphatic hydroxyl groups is 1. The van der Waals surface area contributed by atoms with Gasteiger partial charge >= 0.3 is 0 Å². The van der Waals surface area contributed by atoms with Gasteiger partial charge in [0.1, 0.15) is 5.76 Å². The molecular weight excluding hydrogens is 420 g/mol. The molecule has 1 aliphatic carbocycles. The Labute approximate surface area is 191 Å². The molecule has 0 aliphatic heterocycles. The number of nitrogens with zero attached hydrogens (tertiary/aromatic N) is 2. The number of nitriles is 2. The van der Waals surface area contributed by atoms with Crippen molar-refractivity contribution in [3.05, 3.63) is 112 Å². The monoisotopic (exact) mass is 438 g/mol. The number of ketones is 1. The summed E-state index contributed by atoms with van der Waals surface area (Å²) in [6.45, 7) is 0. The normalized spacial score (nSPS) is 21.3. The predicted molar refractivity (Wildman–Crippen MR) is 123 cm³/mol. The third-order valence-corrected chi connectivity index (χ3v) is 6.31. The van der Waals surface area contributed by atoms with Crippen molar-refractivity contribution in [2.45, 2.75) is 18.3 Å². The van der Waals surface area contributed by atoms with Crippen molar-refractivity contribution in [2.75, 3.05) is 0 Å². The molecule has 4 nitrogen and oxygen atoms in total. The second kappa shape index (κ2) is 8.71. The van der Waals surface area contributed by atoms with Crippen molar-refractivity contribution >= 4 is 23.1 Å². The second-order valence-corrected chi connectivity index (χ2v) is 8.23. The van der Waals surface area contributed by atoms with Crippen LogP contribution in [0.15, 0.2) is 90.5 Å². The molecule has 0 saturated heterocycles. The van der Waals surface area contributed by atoms with Gasteiger partial charge in [0.05, 0.1) is 12.1 Å². The first-order valence-electron chi connectivity index (χ1n) is 10.2. The Balaban J connectivity index is 2.01. The van der Waals surface area contributed by atoms with E-state index in [-0.39, 0.29) is 23.5 Å². The Morgan fingerprint density at radius 2 is 1.41 bits per heavy atom. The molecule has 3 aromatic rings.